The number of rotatable bonds is 6. The summed E-state index contributed by atoms with van der Waals surface area (Å²) in [4.78, 5) is 31.0. The fourth-order valence-corrected chi connectivity index (χ4v) is 5.25. The van der Waals surface area contributed by atoms with Crippen molar-refractivity contribution in [1.82, 2.24) is 9.47 Å². The van der Waals surface area contributed by atoms with Crippen LogP contribution >= 0.6 is 0 Å². The second-order valence-corrected chi connectivity index (χ2v) is 9.56. The van der Waals surface area contributed by atoms with Gasteiger partial charge in [0.05, 0.1) is 24.2 Å². The van der Waals surface area contributed by atoms with Crippen molar-refractivity contribution in [2.45, 2.75) is 44.2 Å². The summed E-state index contributed by atoms with van der Waals surface area (Å²) in [6.45, 7) is 0.127. The van der Waals surface area contributed by atoms with Crippen molar-refractivity contribution in [3.05, 3.63) is 78.1 Å². The molecule has 174 valence electrons. The first-order valence-electron chi connectivity index (χ1n) is 12.2. The largest absolute Gasteiger partial charge is 0.497 e. The van der Waals surface area contributed by atoms with Gasteiger partial charge in [-0.1, -0.05) is 30.7 Å². The number of hydrogen-bond donors (Lipinski definition) is 0. The Morgan fingerprint density at radius 2 is 1.68 bits per heavy atom. The standard InChI is InChI=1S/C28H29N3O3/c1-34-22-15-11-19(12-16-22)27-25-10-5-17-29(25)23-8-2-3-9-24(23)31(27)26(32)18-30(21-13-14-21)28(33)20-6-4-7-20/h2-3,5,8-12,15-17,20-21,27H,4,6-7,13-14,18H2,1H3. The molecule has 3 aromatic rings. The van der Waals surface area contributed by atoms with Crippen molar-refractivity contribution >= 4 is 17.5 Å². The lowest BCUT2D eigenvalue weighted by Crippen LogP contribution is -2.49. The molecule has 0 radical (unpaired) electrons. The van der Waals surface area contributed by atoms with Crippen LogP contribution < -0.4 is 9.64 Å². The summed E-state index contributed by atoms with van der Waals surface area (Å²) in [6, 6.07) is 19.9. The topological polar surface area (TPSA) is 54.8 Å². The Bertz CT molecular complexity index is 1220. The van der Waals surface area contributed by atoms with Gasteiger partial charge >= 0.3 is 0 Å². The van der Waals surface area contributed by atoms with Gasteiger partial charge in [-0.3, -0.25) is 14.5 Å². The van der Waals surface area contributed by atoms with Crippen LogP contribution in [0.25, 0.3) is 5.69 Å². The lowest BCUT2D eigenvalue weighted by Gasteiger charge is -2.40. The molecule has 6 rings (SSSR count). The van der Waals surface area contributed by atoms with Gasteiger partial charge in [-0.05, 0) is 67.6 Å². The Kier molecular flexibility index (Phi) is 5.16. The summed E-state index contributed by atoms with van der Waals surface area (Å²) < 4.78 is 7.52. The molecule has 6 heteroatoms. The maximum absolute atomic E-state index is 14.1. The van der Waals surface area contributed by atoms with Gasteiger partial charge in [0.2, 0.25) is 11.8 Å². The molecule has 0 saturated heterocycles. The zero-order valence-electron chi connectivity index (χ0n) is 19.4. The molecule has 34 heavy (non-hydrogen) atoms. The maximum Gasteiger partial charge on any atom is 0.247 e. The van der Waals surface area contributed by atoms with Gasteiger partial charge in [-0.2, -0.15) is 0 Å². The number of ether oxygens (including phenoxy) is 1. The number of amides is 2. The molecule has 2 aliphatic carbocycles. The lowest BCUT2D eigenvalue weighted by atomic mass is 9.84. The Morgan fingerprint density at radius 1 is 0.941 bits per heavy atom. The van der Waals surface area contributed by atoms with E-state index in [0.29, 0.717) is 0 Å². The fraction of sp³-hybridized carbons (Fsp3) is 0.357. The van der Waals surface area contributed by atoms with E-state index in [9.17, 15) is 9.59 Å². The smallest absolute Gasteiger partial charge is 0.247 e. The van der Waals surface area contributed by atoms with Crippen molar-refractivity contribution in [3.63, 3.8) is 0 Å². The number of methoxy groups -OCH3 is 1. The summed E-state index contributed by atoms with van der Waals surface area (Å²) in [5, 5.41) is 0. The fourth-order valence-electron chi connectivity index (χ4n) is 5.25. The number of carbonyl (C=O) groups is 2. The zero-order valence-corrected chi connectivity index (χ0v) is 19.4. The van der Waals surface area contributed by atoms with Crippen LogP contribution in [0.3, 0.4) is 0 Å². The van der Waals surface area contributed by atoms with Crippen LogP contribution in [0, 0.1) is 5.92 Å². The summed E-state index contributed by atoms with van der Waals surface area (Å²) in [5.74, 6) is 0.993. The van der Waals surface area contributed by atoms with E-state index in [1.54, 1.807) is 7.11 Å². The van der Waals surface area contributed by atoms with Gasteiger partial charge < -0.3 is 14.2 Å². The highest BCUT2D eigenvalue weighted by Crippen LogP contribution is 2.43. The van der Waals surface area contributed by atoms with Crippen molar-refractivity contribution in [2.24, 2.45) is 5.92 Å². The molecule has 0 bridgehead atoms. The Hall–Kier alpha value is -3.54. The van der Waals surface area contributed by atoms with Gasteiger partial charge in [-0.15, -0.1) is 0 Å². The number of hydrogen-bond acceptors (Lipinski definition) is 3. The minimum absolute atomic E-state index is 0.0414. The number of carbonyl (C=O) groups excluding carboxylic acids is 2. The average Bonchev–Trinajstić information content (AvgIpc) is 3.55. The number of anilines is 1. The highest BCUT2D eigenvalue weighted by molar-refractivity contribution is 6.00. The van der Waals surface area contributed by atoms with Crippen LogP contribution in [0.4, 0.5) is 5.69 Å². The molecule has 2 saturated carbocycles. The van der Waals surface area contributed by atoms with E-state index in [-0.39, 0.29) is 36.4 Å². The minimum atomic E-state index is -0.289. The summed E-state index contributed by atoms with van der Waals surface area (Å²) >= 11 is 0. The first-order chi connectivity index (χ1) is 16.7. The molecule has 2 fully saturated rings. The second-order valence-electron chi connectivity index (χ2n) is 9.56. The normalized spacial score (nSPS) is 19.1. The molecule has 1 atom stereocenters. The molecule has 2 amide bonds. The third-order valence-electron chi connectivity index (χ3n) is 7.45. The highest BCUT2D eigenvalue weighted by Gasteiger charge is 2.42. The number of nitrogens with zero attached hydrogens (tertiary/aromatic N) is 3. The SMILES string of the molecule is COc1ccc(C2c3cccn3-c3ccccc3N2C(=O)CN(C(=O)C2CCC2)C2CC2)cc1. The molecule has 2 heterocycles. The van der Waals surface area contributed by atoms with E-state index in [0.717, 1.165) is 60.5 Å². The molecule has 1 aromatic heterocycles. The summed E-state index contributed by atoms with van der Waals surface area (Å²) in [6.07, 6.45) is 7.04. The van der Waals surface area contributed by atoms with Crippen molar-refractivity contribution in [3.8, 4) is 11.4 Å². The van der Waals surface area contributed by atoms with E-state index in [2.05, 4.69) is 10.6 Å². The molecule has 1 aliphatic heterocycles. The predicted octanol–water partition coefficient (Wildman–Crippen LogP) is 4.71. The van der Waals surface area contributed by atoms with Gasteiger partial charge in [0.1, 0.15) is 18.3 Å². The highest BCUT2D eigenvalue weighted by atomic mass is 16.5. The van der Waals surface area contributed by atoms with Gasteiger partial charge in [0.25, 0.3) is 0 Å². The van der Waals surface area contributed by atoms with Crippen molar-refractivity contribution in [1.29, 1.82) is 0 Å². The molecule has 1 unspecified atom stereocenters. The van der Waals surface area contributed by atoms with Crippen LogP contribution in [0.2, 0.25) is 0 Å². The molecule has 6 nitrogen and oxygen atoms in total. The Balaban J connectivity index is 1.40. The van der Waals surface area contributed by atoms with Crippen LogP contribution in [0.15, 0.2) is 66.9 Å². The van der Waals surface area contributed by atoms with Crippen LogP contribution in [-0.4, -0.2) is 41.0 Å². The van der Waals surface area contributed by atoms with E-state index >= 15 is 0 Å². The summed E-state index contributed by atoms with van der Waals surface area (Å²) in [7, 11) is 1.65. The minimum Gasteiger partial charge on any atom is -0.497 e. The van der Waals surface area contributed by atoms with E-state index in [1.165, 1.54) is 0 Å². The first-order valence-corrected chi connectivity index (χ1v) is 12.2. The monoisotopic (exact) mass is 455 g/mol. The molecular formula is C28H29N3O3. The Labute approximate surface area is 199 Å². The third kappa shape index (κ3) is 3.49. The van der Waals surface area contributed by atoms with Gasteiger partial charge in [0.15, 0.2) is 0 Å². The molecule has 2 aromatic carbocycles. The zero-order chi connectivity index (χ0) is 23.2. The summed E-state index contributed by atoms with van der Waals surface area (Å²) in [5.41, 5.74) is 3.88. The van der Waals surface area contributed by atoms with Gasteiger partial charge in [-0.25, -0.2) is 0 Å². The van der Waals surface area contributed by atoms with E-state index < -0.39 is 0 Å². The molecule has 3 aliphatic rings. The average molecular weight is 456 g/mol. The second kappa shape index (κ2) is 8.35. The third-order valence-corrected chi connectivity index (χ3v) is 7.45. The first kappa shape index (κ1) is 21.0. The van der Waals surface area contributed by atoms with Crippen LogP contribution in [0.5, 0.6) is 5.75 Å². The number of fused-ring (bicyclic) bond motifs is 3. The Morgan fingerprint density at radius 3 is 2.32 bits per heavy atom. The number of aromatic nitrogens is 1. The van der Waals surface area contributed by atoms with E-state index in [4.69, 9.17) is 4.74 Å². The van der Waals surface area contributed by atoms with Crippen molar-refractivity contribution < 1.29 is 14.3 Å². The molecular weight excluding hydrogens is 426 g/mol. The predicted molar refractivity (Wildman–Crippen MR) is 130 cm³/mol. The quantitative estimate of drug-likeness (QED) is 0.541. The van der Waals surface area contributed by atoms with Gasteiger partial charge in [0, 0.05) is 18.2 Å². The van der Waals surface area contributed by atoms with E-state index in [1.807, 2.05) is 70.6 Å². The molecule has 0 N–H and O–H groups in total. The van der Waals surface area contributed by atoms with Crippen LogP contribution in [-0.2, 0) is 9.59 Å². The van der Waals surface area contributed by atoms with Crippen LogP contribution in [0.1, 0.15) is 49.4 Å². The number of para-hydroxylation sites is 2. The lowest BCUT2D eigenvalue weighted by molar-refractivity contribution is -0.141. The number of benzene rings is 2. The van der Waals surface area contributed by atoms with Crippen molar-refractivity contribution in [2.75, 3.05) is 18.6 Å². The molecule has 0 spiro atoms. The maximum atomic E-state index is 14.1.